The summed E-state index contributed by atoms with van der Waals surface area (Å²) in [4.78, 5) is 32.5. The van der Waals surface area contributed by atoms with Crippen LogP contribution >= 0.6 is 0 Å². The van der Waals surface area contributed by atoms with Crippen LogP contribution in [0.5, 0.6) is 0 Å². The lowest BCUT2D eigenvalue weighted by atomic mass is 10.1. The first-order valence-corrected chi connectivity index (χ1v) is 9.72. The van der Waals surface area contributed by atoms with Crippen LogP contribution in [0.3, 0.4) is 0 Å². The molecule has 1 N–H and O–H groups in total. The second-order valence-corrected chi connectivity index (χ2v) is 7.00. The highest BCUT2D eigenvalue weighted by molar-refractivity contribution is 6.04. The number of piperazine rings is 1. The summed E-state index contributed by atoms with van der Waals surface area (Å²) < 4.78 is 13.9. The first-order chi connectivity index (χ1) is 14.6. The highest BCUT2D eigenvalue weighted by Crippen LogP contribution is 2.21. The van der Waals surface area contributed by atoms with Gasteiger partial charge in [-0.15, -0.1) is 0 Å². The van der Waals surface area contributed by atoms with Crippen molar-refractivity contribution in [1.29, 1.82) is 0 Å². The Hall–Kier alpha value is -3.74. The molecule has 0 unspecified atom stereocenters. The third-order valence-corrected chi connectivity index (χ3v) is 5.10. The highest BCUT2D eigenvalue weighted by Gasteiger charge is 2.24. The largest absolute Gasteiger partial charge is 0.368 e. The molecule has 1 saturated heterocycles. The number of nitrogens with one attached hydrogen (secondary N) is 1. The van der Waals surface area contributed by atoms with Gasteiger partial charge in [0.2, 0.25) is 0 Å². The van der Waals surface area contributed by atoms with Crippen LogP contribution in [0.15, 0.2) is 73.1 Å². The van der Waals surface area contributed by atoms with E-state index < -0.39 is 5.82 Å². The van der Waals surface area contributed by atoms with E-state index >= 15 is 0 Å². The van der Waals surface area contributed by atoms with Gasteiger partial charge in [0.25, 0.3) is 11.8 Å². The van der Waals surface area contributed by atoms with Gasteiger partial charge < -0.3 is 15.1 Å². The molecule has 2 aromatic carbocycles. The second-order valence-electron chi connectivity index (χ2n) is 7.00. The number of anilines is 2. The van der Waals surface area contributed by atoms with Gasteiger partial charge in [-0.1, -0.05) is 12.1 Å². The van der Waals surface area contributed by atoms with Gasteiger partial charge in [0.05, 0.1) is 5.56 Å². The van der Waals surface area contributed by atoms with E-state index in [1.807, 2.05) is 24.3 Å². The summed E-state index contributed by atoms with van der Waals surface area (Å²) in [5.74, 6) is -0.957. The lowest BCUT2D eigenvalue weighted by molar-refractivity contribution is 0.0742. The van der Waals surface area contributed by atoms with Crippen molar-refractivity contribution in [2.45, 2.75) is 0 Å². The van der Waals surface area contributed by atoms with E-state index in [1.54, 1.807) is 41.6 Å². The standard InChI is InChI=1S/C23H21FN4O2/c24-21-4-2-1-3-20(21)23(30)28-15-13-27(14-16-28)19-7-5-18(6-8-19)26-22(29)17-9-11-25-12-10-17/h1-12H,13-16H2,(H,26,29). The number of rotatable bonds is 4. The molecule has 1 fully saturated rings. The molecule has 30 heavy (non-hydrogen) atoms. The summed E-state index contributed by atoms with van der Waals surface area (Å²) in [6.45, 7) is 2.35. The van der Waals surface area contributed by atoms with Crippen LogP contribution < -0.4 is 10.2 Å². The molecule has 0 atom stereocenters. The maximum atomic E-state index is 13.9. The molecule has 2 heterocycles. The number of pyridine rings is 1. The summed E-state index contributed by atoms with van der Waals surface area (Å²) in [6, 6.07) is 17.0. The summed E-state index contributed by atoms with van der Waals surface area (Å²) in [5, 5.41) is 2.86. The van der Waals surface area contributed by atoms with Gasteiger partial charge >= 0.3 is 0 Å². The van der Waals surface area contributed by atoms with Crippen molar-refractivity contribution in [2.24, 2.45) is 0 Å². The van der Waals surface area contributed by atoms with Crippen LogP contribution in [0.4, 0.5) is 15.8 Å². The lowest BCUT2D eigenvalue weighted by Crippen LogP contribution is -2.49. The van der Waals surface area contributed by atoms with E-state index in [2.05, 4.69) is 15.2 Å². The zero-order valence-electron chi connectivity index (χ0n) is 16.3. The molecule has 1 aliphatic rings. The number of carbonyl (C=O) groups excluding carboxylic acids is 2. The van der Waals surface area contributed by atoms with Crippen LogP contribution in [-0.2, 0) is 0 Å². The van der Waals surface area contributed by atoms with Crippen molar-refractivity contribution in [3.8, 4) is 0 Å². The molecule has 4 rings (SSSR count). The van der Waals surface area contributed by atoms with E-state index in [1.165, 1.54) is 12.1 Å². The molecule has 0 bridgehead atoms. The first kappa shape index (κ1) is 19.6. The maximum Gasteiger partial charge on any atom is 0.256 e. The average Bonchev–Trinajstić information content (AvgIpc) is 2.80. The van der Waals surface area contributed by atoms with E-state index in [0.717, 1.165) is 5.69 Å². The molecule has 152 valence electrons. The SMILES string of the molecule is O=C(Nc1ccc(N2CCN(C(=O)c3ccccc3F)CC2)cc1)c1ccncc1. The Bertz CT molecular complexity index is 1030. The summed E-state index contributed by atoms with van der Waals surface area (Å²) in [5.41, 5.74) is 2.37. The number of hydrogen-bond donors (Lipinski definition) is 1. The molecule has 7 heteroatoms. The quantitative estimate of drug-likeness (QED) is 0.724. The number of benzene rings is 2. The Morgan fingerprint density at radius 2 is 1.53 bits per heavy atom. The van der Waals surface area contributed by atoms with Gasteiger partial charge in [-0.2, -0.15) is 0 Å². The average molecular weight is 404 g/mol. The molecule has 6 nitrogen and oxygen atoms in total. The lowest BCUT2D eigenvalue weighted by Gasteiger charge is -2.36. The minimum atomic E-state index is -0.491. The molecule has 0 spiro atoms. The van der Waals surface area contributed by atoms with E-state index in [-0.39, 0.29) is 17.4 Å². The van der Waals surface area contributed by atoms with Crippen molar-refractivity contribution in [3.05, 3.63) is 90.0 Å². The van der Waals surface area contributed by atoms with Crippen molar-refractivity contribution in [2.75, 3.05) is 36.4 Å². The number of hydrogen-bond acceptors (Lipinski definition) is 4. The van der Waals surface area contributed by atoms with Crippen LogP contribution in [0.25, 0.3) is 0 Å². The smallest absolute Gasteiger partial charge is 0.256 e. The number of carbonyl (C=O) groups is 2. The van der Waals surface area contributed by atoms with Crippen molar-refractivity contribution < 1.29 is 14.0 Å². The molecule has 1 aliphatic heterocycles. The first-order valence-electron chi connectivity index (χ1n) is 9.72. The molecule has 2 amide bonds. The van der Waals surface area contributed by atoms with Crippen LogP contribution in [0.1, 0.15) is 20.7 Å². The Kier molecular flexibility index (Phi) is 5.70. The minimum absolute atomic E-state index is 0.111. The monoisotopic (exact) mass is 404 g/mol. The molecular formula is C23H21FN4O2. The molecule has 0 aliphatic carbocycles. The zero-order valence-corrected chi connectivity index (χ0v) is 16.3. The van der Waals surface area contributed by atoms with Crippen molar-refractivity contribution in [1.82, 2.24) is 9.88 Å². The maximum absolute atomic E-state index is 13.9. The minimum Gasteiger partial charge on any atom is -0.368 e. The molecular weight excluding hydrogens is 383 g/mol. The Labute approximate surface area is 174 Å². The van der Waals surface area contributed by atoms with Gasteiger partial charge in [0, 0.05) is 55.5 Å². The van der Waals surface area contributed by atoms with Gasteiger partial charge in [-0.25, -0.2) is 4.39 Å². The van der Waals surface area contributed by atoms with Crippen molar-refractivity contribution in [3.63, 3.8) is 0 Å². The second kappa shape index (κ2) is 8.73. The fourth-order valence-corrected chi connectivity index (χ4v) is 3.43. The van der Waals surface area contributed by atoms with Crippen LogP contribution in [0, 0.1) is 5.82 Å². The number of halogens is 1. The summed E-state index contributed by atoms with van der Waals surface area (Å²) in [6.07, 6.45) is 3.16. The molecule has 0 radical (unpaired) electrons. The Morgan fingerprint density at radius 3 is 2.20 bits per heavy atom. The fraction of sp³-hybridized carbons (Fsp3) is 0.174. The number of amides is 2. The number of nitrogens with zero attached hydrogens (tertiary/aromatic N) is 3. The molecule has 0 saturated carbocycles. The van der Waals surface area contributed by atoms with Gasteiger partial charge in [0.15, 0.2) is 0 Å². The summed E-state index contributed by atoms with van der Waals surface area (Å²) in [7, 11) is 0. The van der Waals surface area contributed by atoms with Crippen molar-refractivity contribution >= 4 is 23.2 Å². The number of aromatic nitrogens is 1. The predicted octanol–water partition coefficient (Wildman–Crippen LogP) is 3.44. The molecule has 3 aromatic rings. The molecule has 1 aromatic heterocycles. The van der Waals surface area contributed by atoms with Crippen LogP contribution in [0.2, 0.25) is 0 Å². The zero-order chi connectivity index (χ0) is 20.9. The topological polar surface area (TPSA) is 65.5 Å². The Morgan fingerprint density at radius 1 is 0.867 bits per heavy atom. The Balaban J connectivity index is 1.34. The van der Waals surface area contributed by atoms with Gasteiger partial charge in [-0.05, 0) is 48.5 Å². The van der Waals surface area contributed by atoms with E-state index in [0.29, 0.717) is 37.4 Å². The van der Waals surface area contributed by atoms with Gasteiger partial charge in [0.1, 0.15) is 5.82 Å². The fourth-order valence-electron chi connectivity index (χ4n) is 3.43. The van der Waals surface area contributed by atoms with E-state index in [4.69, 9.17) is 0 Å². The summed E-state index contributed by atoms with van der Waals surface area (Å²) >= 11 is 0. The normalized spacial score (nSPS) is 13.8. The highest BCUT2D eigenvalue weighted by atomic mass is 19.1. The predicted molar refractivity (Wildman–Crippen MR) is 113 cm³/mol. The van der Waals surface area contributed by atoms with Crippen LogP contribution in [-0.4, -0.2) is 47.9 Å². The van der Waals surface area contributed by atoms with E-state index in [9.17, 15) is 14.0 Å². The third-order valence-electron chi connectivity index (χ3n) is 5.10. The third kappa shape index (κ3) is 4.30. The van der Waals surface area contributed by atoms with Gasteiger partial charge in [-0.3, -0.25) is 14.6 Å².